The van der Waals surface area contributed by atoms with E-state index in [1.807, 2.05) is 6.08 Å². The van der Waals surface area contributed by atoms with Crippen LogP contribution in [0, 0.1) is 0 Å². The standard InChI is InChI=1S/C14H28Si/c1-8-9-10-11-15(12(2)3,13(4)5)14(6)7/h8-10,12-14H,1,11H2,2-7H3/b10-9-. The lowest BCUT2D eigenvalue weighted by Gasteiger charge is -2.42. The molecule has 0 atom stereocenters. The highest BCUT2D eigenvalue weighted by atomic mass is 28.3. The van der Waals surface area contributed by atoms with Gasteiger partial charge in [-0.05, 0) is 6.04 Å². The number of hydrogen-bond acceptors (Lipinski definition) is 0. The maximum atomic E-state index is 3.74. The Balaban J connectivity index is 4.96. The lowest BCUT2D eigenvalue weighted by atomic mass is 10.5. The first-order chi connectivity index (χ1) is 6.89. The Morgan fingerprint density at radius 2 is 1.33 bits per heavy atom. The van der Waals surface area contributed by atoms with Crippen molar-refractivity contribution in [3.05, 3.63) is 24.8 Å². The molecule has 0 rings (SSSR count). The first kappa shape index (κ1) is 14.7. The zero-order valence-corrected chi connectivity index (χ0v) is 12.4. The van der Waals surface area contributed by atoms with E-state index >= 15 is 0 Å². The van der Waals surface area contributed by atoms with E-state index < -0.39 is 8.07 Å². The molecule has 0 bridgehead atoms. The second-order valence-corrected chi connectivity index (χ2v) is 11.5. The first-order valence-corrected chi connectivity index (χ1v) is 8.61. The largest absolute Gasteiger partial charge is 0.0991 e. The predicted octanol–water partition coefficient (Wildman–Crippen LogP) is 5.41. The summed E-state index contributed by atoms with van der Waals surface area (Å²) in [6.45, 7) is 18.2. The van der Waals surface area contributed by atoms with Gasteiger partial charge in [-0.1, -0.05) is 83.0 Å². The maximum Gasteiger partial charge on any atom is 0.0650 e. The van der Waals surface area contributed by atoms with Crippen molar-refractivity contribution in [3.63, 3.8) is 0 Å². The zero-order chi connectivity index (χ0) is 12.1. The highest BCUT2D eigenvalue weighted by Gasteiger charge is 2.41. The molecule has 0 aliphatic rings. The van der Waals surface area contributed by atoms with E-state index in [0.717, 1.165) is 16.6 Å². The molecule has 0 aliphatic heterocycles. The van der Waals surface area contributed by atoms with Crippen LogP contribution in [-0.2, 0) is 0 Å². The van der Waals surface area contributed by atoms with Gasteiger partial charge in [-0.3, -0.25) is 0 Å². The molecule has 0 fully saturated rings. The van der Waals surface area contributed by atoms with Crippen LogP contribution in [0.2, 0.25) is 22.7 Å². The van der Waals surface area contributed by atoms with E-state index in [4.69, 9.17) is 0 Å². The molecule has 0 unspecified atom stereocenters. The third kappa shape index (κ3) is 3.34. The van der Waals surface area contributed by atoms with E-state index in [1.165, 1.54) is 6.04 Å². The summed E-state index contributed by atoms with van der Waals surface area (Å²) in [5, 5.41) is 0. The van der Waals surface area contributed by atoms with Gasteiger partial charge < -0.3 is 0 Å². The predicted molar refractivity (Wildman–Crippen MR) is 75.2 cm³/mol. The molecule has 0 saturated carbocycles. The van der Waals surface area contributed by atoms with Gasteiger partial charge in [-0.15, -0.1) is 0 Å². The van der Waals surface area contributed by atoms with Gasteiger partial charge in [-0.2, -0.15) is 0 Å². The molecule has 88 valence electrons. The Labute approximate surface area is 97.5 Å². The van der Waals surface area contributed by atoms with Crippen molar-refractivity contribution in [2.75, 3.05) is 0 Å². The van der Waals surface area contributed by atoms with Crippen molar-refractivity contribution in [1.29, 1.82) is 0 Å². The highest BCUT2D eigenvalue weighted by molar-refractivity contribution is 6.83. The van der Waals surface area contributed by atoms with Crippen molar-refractivity contribution in [3.8, 4) is 0 Å². The smallest absolute Gasteiger partial charge is 0.0650 e. The van der Waals surface area contributed by atoms with Gasteiger partial charge in [0.05, 0.1) is 8.07 Å². The van der Waals surface area contributed by atoms with Crippen LogP contribution in [0.1, 0.15) is 41.5 Å². The van der Waals surface area contributed by atoms with E-state index in [1.54, 1.807) is 0 Å². The first-order valence-electron chi connectivity index (χ1n) is 6.17. The summed E-state index contributed by atoms with van der Waals surface area (Å²) in [6.07, 6.45) is 6.33. The topological polar surface area (TPSA) is 0 Å². The van der Waals surface area contributed by atoms with E-state index in [0.29, 0.717) is 0 Å². The highest BCUT2D eigenvalue weighted by Crippen LogP contribution is 2.44. The summed E-state index contributed by atoms with van der Waals surface area (Å²) < 4.78 is 0. The van der Waals surface area contributed by atoms with Crippen molar-refractivity contribution < 1.29 is 0 Å². The van der Waals surface area contributed by atoms with Crippen LogP contribution in [0.4, 0.5) is 0 Å². The molecule has 0 N–H and O–H groups in total. The normalized spacial score (nSPS) is 13.4. The summed E-state index contributed by atoms with van der Waals surface area (Å²) in [4.78, 5) is 0. The van der Waals surface area contributed by atoms with Crippen LogP contribution in [0.3, 0.4) is 0 Å². The van der Waals surface area contributed by atoms with Crippen LogP contribution in [-0.4, -0.2) is 8.07 Å². The van der Waals surface area contributed by atoms with Crippen molar-refractivity contribution in [2.24, 2.45) is 0 Å². The number of allylic oxidation sites excluding steroid dienone is 3. The molecule has 0 aromatic carbocycles. The Morgan fingerprint density at radius 3 is 1.60 bits per heavy atom. The molecule has 0 aliphatic carbocycles. The average molecular weight is 224 g/mol. The van der Waals surface area contributed by atoms with Gasteiger partial charge in [0.25, 0.3) is 0 Å². The fourth-order valence-electron chi connectivity index (χ4n) is 3.08. The van der Waals surface area contributed by atoms with E-state index in [2.05, 4.69) is 60.3 Å². The third-order valence-electron chi connectivity index (χ3n) is 3.97. The third-order valence-corrected chi connectivity index (χ3v) is 11.4. The number of hydrogen-bond donors (Lipinski definition) is 0. The molecule has 0 amide bonds. The molecular formula is C14H28Si. The van der Waals surface area contributed by atoms with Crippen molar-refractivity contribution in [1.82, 2.24) is 0 Å². The second kappa shape index (κ2) is 6.32. The molecule has 15 heavy (non-hydrogen) atoms. The summed E-state index contributed by atoms with van der Waals surface area (Å²) in [5.41, 5.74) is 2.56. The SMILES string of the molecule is C=C/C=C\C[Si](C(C)C)(C(C)C)C(C)C. The molecule has 0 radical (unpaired) electrons. The van der Waals surface area contributed by atoms with Crippen molar-refractivity contribution >= 4 is 8.07 Å². The van der Waals surface area contributed by atoms with Crippen LogP contribution in [0.15, 0.2) is 24.8 Å². The van der Waals surface area contributed by atoms with Crippen LogP contribution >= 0.6 is 0 Å². The molecule has 0 aromatic heterocycles. The fourth-order valence-corrected chi connectivity index (χ4v) is 9.03. The van der Waals surface area contributed by atoms with Gasteiger partial charge in [0, 0.05) is 0 Å². The lowest BCUT2D eigenvalue weighted by molar-refractivity contribution is 0.811. The zero-order valence-electron chi connectivity index (χ0n) is 11.4. The summed E-state index contributed by atoms with van der Waals surface area (Å²) in [5.74, 6) is 0. The maximum absolute atomic E-state index is 3.74. The lowest BCUT2D eigenvalue weighted by Crippen LogP contribution is -2.43. The Morgan fingerprint density at radius 1 is 0.933 bits per heavy atom. The summed E-state index contributed by atoms with van der Waals surface area (Å²) >= 11 is 0. The molecular weight excluding hydrogens is 196 g/mol. The Bertz CT molecular complexity index is 190. The van der Waals surface area contributed by atoms with Gasteiger partial charge in [0.15, 0.2) is 0 Å². The molecule has 1 heteroatoms. The Kier molecular flexibility index (Phi) is 6.19. The molecule has 0 aromatic rings. The van der Waals surface area contributed by atoms with Gasteiger partial charge in [0.2, 0.25) is 0 Å². The van der Waals surface area contributed by atoms with Gasteiger partial charge >= 0.3 is 0 Å². The van der Waals surface area contributed by atoms with Crippen LogP contribution < -0.4 is 0 Å². The number of rotatable bonds is 6. The molecule has 0 heterocycles. The molecule has 0 saturated heterocycles. The van der Waals surface area contributed by atoms with Crippen LogP contribution in [0.25, 0.3) is 0 Å². The minimum Gasteiger partial charge on any atom is -0.0991 e. The van der Waals surface area contributed by atoms with Crippen LogP contribution in [0.5, 0.6) is 0 Å². The fraction of sp³-hybridized carbons (Fsp3) is 0.714. The average Bonchev–Trinajstić information content (AvgIpc) is 2.10. The minimum absolute atomic E-state index is 0.854. The molecule has 0 nitrogen and oxygen atoms in total. The van der Waals surface area contributed by atoms with Gasteiger partial charge in [-0.25, -0.2) is 0 Å². The van der Waals surface area contributed by atoms with Crippen molar-refractivity contribution in [2.45, 2.75) is 64.2 Å². The molecule has 0 spiro atoms. The quantitative estimate of drug-likeness (QED) is 0.418. The second-order valence-electron chi connectivity index (χ2n) is 5.44. The van der Waals surface area contributed by atoms with E-state index in [9.17, 15) is 0 Å². The summed E-state index contributed by atoms with van der Waals surface area (Å²) in [7, 11) is -1.20. The Hall–Kier alpha value is -0.303. The monoisotopic (exact) mass is 224 g/mol. The van der Waals surface area contributed by atoms with E-state index in [-0.39, 0.29) is 0 Å². The minimum atomic E-state index is -1.20. The van der Waals surface area contributed by atoms with Gasteiger partial charge in [0.1, 0.15) is 0 Å². The summed E-state index contributed by atoms with van der Waals surface area (Å²) in [6, 6.07) is 1.30.